The van der Waals surface area contributed by atoms with Gasteiger partial charge in [-0.3, -0.25) is 9.59 Å². The zero-order valence-electron chi connectivity index (χ0n) is 16.4. The van der Waals surface area contributed by atoms with Gasteiger partial charge in [0.1, 0.15) is 11.9 Å². The Kier molecular flexibility index (Phi) is 3.65. The van der Waals surface area contributed by atoms with Crippen molar-refractivity contribution < 1.29 is 19.1 Å². The van der Waals surface area contributed by atoms with Gasteiger partial charge < -0.3 is 9.47 Å². The average Bonchev–Trinajstić information content (AvgIpc) is 3.32. The number of carbonyl (C=O) groups excluding carboxylic acids is 2. The molecule has 0 N–H and O–H groups in total. The number of hydrogen-bond acceptors (Lipinski definition) is 4. The van der Waals surface area contributed by atoms with E-state index < -0.39 is 0 Å². The van der Waals surface area contributed by atoms with Crippen LogP contribution in [0.1, 0.15) is 60.8 Å². The quantitative estimate of drug-likeness (QED) is 0.681. The highest BCUT2D eigenvalue weighted by atomic mass is 16.6. The predicted octanol–water partition coefficient (Wildman–Crippen LogP) is 3.42. The SMILES string of the molecule is CC1CC2(C)C3C(C4CO4)C(=O)C(C)OC3(C)CCC2C(C)(C)C1=O. The summed E-state index contributed by atoms with van der Waals surface area (Å²) in [5.74, 6) is 0.965. The highest BCUT2D eigenvalue weighted by Crippen LogP contribution is 2.66. The molecule has 0 spiro atoms. The molecule has 2 saturated carbocycles. The van der Waals surface area contributed by atoms with E-state index in [2.05, 4.69) is 34.6 Å². The van der Waals surface area contributed by atoms with Crippen molar-refractivity contribution in [3.8, 4) is 0 Å². The van der Waals surface area contributed by atoms with E-state index in [1.165, 1.54) is 0 Å². The van der Waals surface area contributed by atoms with Gasteiger partial charge in [0.2, 0.25) is 0 Å². The molecule has 4 rings (SSSR count). The van der Waals surface area contributed by atoms with Crippen LogP contribution in [0.4, 0.5) is 0 Å². The Morgan fingerprint density at radius 2 is 1.72 bits per heavy atom. The number of epoxide rings is 1. The molecule has 140 valence electrons. The minimum atomic E-state index is -0.355. The number of carbonyl (C=O) groups is 2. The summed E-state index contributed by atoms with van der Waals surface area (Å²) >= 11 is 0. The molecule has 4 aliphatic rings. The molecule has 2 heterocycles. The number of Topliss-reactive ketones (excluding diaryl/α,β-unsaturated/α-hetero) is 2. The van der Waals surface area contributed by atoms with Gasteiger partial charge in [-0.2, -0.15) is 0 Å². The lowest BCUT2D eigenvalue weighted by molar-refractivity contribution is -0.244. The van der Waals surface area contributed by atoms with Crippen molar-refractivity contribution in [2.75, 3.05) is 6.61 Å². The molecule has 0 amide bonds. The van der Waals surface area contributed by atoms with Crippen molar-refractivity contribution >= 4 is 11.6 Å². The monoisotopic (exact) mass is 348 g/mol. The zero-order valence-corrected chi connectivity index (χ0v) is 16.4. The molecular formula is C21H32O4. The van der Waals surface area contributed by atoms with Gasteiger partial charge in [0.05, 0.1) is 24.2 Å². The van der Waals surface area contributed by atoms with E-state index in [-0.39, 0.29) is 52.2 Å². The van der Waals surface area contributed by atoms with Crippen LogP contribution in [0.3, 0.4) is 0 Å². The number of hydrogen-bond donors (Lipinski definition) is 0. The molecule has 4 nitrogen and oxygen atoms in total. The second-order valence-corrected chi connectivity index (χ2v) is 10.1. The van der Waals surface area contributed by atoms with Crippen LogP contribution in [0.5, 0.6) is 0 Å². The van der Waals surface area contributed by atoms with E-state index in [9.17, 15) is 9.59 Å². The molecule has 0 aromatic rings. The molecule has 2 aliphatic heterocycles. The molecule has 2 aliphatic carbocycles. The van der Waals surface area contributed by atoms with E-state index >= 15 is 0 Å². The zero-order chi connectivity index (χ0) is 18.4. The number of ether oxygens (including phenoxy) is 2. The molecule has 25 heavy (non-hydrogen) atoms. The molecular weight excluding hydrogens is 316 g/mol. The average molecular weight is 348 g/mol. The molecule has 2 saturated heterocycles. The fraction of sp³-hybridized carbons (Fsp3) is 0.905. The van der Waals surface area contributed by atoms with Crippen LogP contribution in [0.2, 0.25) is 0 Å². The van der Waals surface area contributed by atoms with E-state index in [4.69, 9.17) is 9.47 Å². The molecule has 8 atom stereocenters. The summed E-state index contributed by atoms with van der Waals surface area (Å²) in [6, 6.07) is 0. The normalized spacial score (nSPS) is 54.6. The van der Waals surface area contributed by atoms with Crippen molar-refractivity contribution in [3.05, 3.63) is 0 Å². The summed E-state index contributed by atoms with van der Waals surface area (Å²) in [7, 11) is 0. The number of rotatable bonds is 1. The minimum absolute atomic E-state index is 0.0359. The molecule has 4 heteroatoms. The van der Waals surface area contributed by atoms with Crippen LogP contribution in [-0.4, -0.2) is 36.0 Å². The lowest BCUT2D eigenvalue weighted by Crippen LogP contribution is -2.68. The van der Waals surface area contributed by atoms with Gasteiger partial charge >= 0.3 is 0 Å². The molecule has 4 fully saturated rings. The first kappa shape index (κ1) is 17.7. The van der Waals surface area contributed by atoms with E-state index in [1.807, 2.05) is 6.92 Å². The first-order valence-electron chi connectivity index (χ1n) is 9.90. The Balaban J connectivity index is 1.83. The first-order chi connectivity index (χ1) is 11.5. The lowest BCUT2D eigenvalue weighted by Gasteiger charge is -2.65. The third-order valence-corrected chi connectivity index (χ3v) is 8.09. The molecule has 0 radical (unpaired) electrons. The van der Waals surface area contributed by atoms with Crippen LogP contribution in [0, 0.1) is 34.5 Å². The summed E-state index contributed by atoms with van der Waals surface area (Å²) in [5, 5.41) is 0. The van der Waals surface area contributed by atoms with E-state index in [1.54, 1.807) is 0 Å². The van der Waals surface area contributed by atoms with Gasteiger partial charge in [-0.05, 0) is 44.4 Å². The van der Waals surface area contributed by atoms with E-state index in [0.717, 1.165) is 19.3 Å². The molecule has 8 unspecified atom stereocenters. The van der Waals surface area contributed by atoms with Crippen molar-refractivity contribution in [3.63, 3.8) is 0 Å². The van der Waals surface area contributed by atoms with Crippen molar-refractivity contribution in [1.82, 2.24) is 0 Å². The molecule has 0 bridgehead atoms. The van der Waals surface area contributed by atoms with Gasteiger partial charge in [-0.25, -0.2) is 0 Å². The molecule has 0 aromatic heterocycles. The third kappa shape index (κ3) is 2.26. The summed E-state index contributed by atoms with van der Waals surface area (Å²) < 4.78 is 12.0. The topological polar surface area (TPSA) is 55.9 Å². The van der Waals surface area contributed by atoms with Crippen molar-refractivity contribution in [1.29, 1.82) is 0 Å². The van der Waals surface area contributed by atoms with Gasteiger partial charge in [-0.1, -0.05) is 27.7 Å². The Bertz CT molecular complexity index is 621. The third-order valence-electron chi connectivity index (χ3n) is 8.09. The highest BCUT2D eigenvalue weighted by molar-refractivity contribution is 5.89. The van der Waals surface area contributed by atoms with Gasteiger partial charge in [0.25, 0.3) is 0 Å². The van der Waals surface area contributed by atoms with Crippen LogP contribution < -0.4 is 0 Å². The Morgan fingerprint density at radius 3 is 2.32 bits per heavy atom. The predicted molar refractivity (Wildman–Crippen MR) is 94.1 cm³/mol. The maximum atomic E-state index is 13.1. The summed E-state index contributed by atoms with van der Waals surface area (Å²) in [6.07, 6.45) is 2.47. The summed E-state index contributed by atoms with van der Waals surface area (Å²) in [4.78, 5) is 26.0. The van der Waals surface area contributed by atoms with Gasteiger partial charge in [0.15, 0.2) is 5.78 Å². The first-order valence-corrected chi connectivity index (χ1v) is 9.90. The summed E-state index contributed by atoms with van der Waals surface area (Å²) in [6.45, 7) is 13.4. The smallest absolute Gasteiger partial charge is 0.167 e. The second-order valence-electron chi connectivity index (χ2n) is 10.1. The Hall–Kier alpha value is -0.740. The van der Waals surface area contributed by atoms with Crippen LogP contribution in [-0.2, 0) is 19.1 Å². The Labute approximate surface area is 151 Å². The van der Waals surface area contributed by atoms with E-state index in [0.29, 0.717) is 18.3 Å². The standard InChI is InChI=1S/C21H32O4/c1-11-9-20(5)14(19(3,4)18(11)23)7-8-21(6)17(20)15(13-10-24-13)16(22)12(2)25-21/h11-15,17H,7-10H2,1-6H3. The fourth-order valence-electron chi connectivity index (χ4n) is 7.32. The van der Waals surface area contributed by atoms with Crippen LogP contribution >= 0.6 is 0 Å². The van der Waals surface area contributed by atoms with Gasteiger partial charge in [-0.15, -0.1) is 0 Å². The van der Waals surface area contributed by atoms with Crippen molar-refractivity contribution in [2.45, 2.75) is 78.6 Å². The lowest BCUT2D eigenvalue weighted by atomic mass is 9.41. The van der Waals surface area contributed by atoms with Crippen molar-refractivity contribution in [2.24, 2.45) is 34.5 Å². The fourth-order valence-corrected chi connectivity index (χ4v) is 7.32. The van der Waals surface area contributed by atoms with Gasteiger partial charge in [0, 0.05) is 17.3 Å². The molecule has 0 aromatic carbocycles. The van der Waals surface area contributed by atoms with Crippen LogP contribution in [0.15, 0.2) is 0 Å². The Morgan fingerprint density at radius 1 is 1.08 bits per heavy atom. The maximum absolute atomic E-state index is 13.1. The number of ketones is 2. The largest absolute Gasteiger partial charge is 0.372 e. The maximum Gasteiger partial charge on any atom is 0.167 e. The highest BCUT2D eigenvalue weighted by Gasteiger charge is 2.68. The minimum Gasteiger partial charge on any atom is -0.372 e. The number of fused-ring (bicyclic) bond motifs is 3. The second kappa shape index (κ2) is 5.16. The summed E-state index contributed by atoms with van der Waals surface area (Å²) in [5.41, 5.74) is -0.712. The van der Waals surface area contributed by atoms with Crippen LogP contribution in [0.25, 0.3) is 0 Å².